The second-order valence-electron chi connectivity index (χ2n) is 4.37. The first-order valence-corrected chi connectivity index (χ1v) is 6.01. The fourth-order valence-electron chi connectivity index (χ4n) is 1.66. The van der Waals surface area contributed by atoms with E-state index in [2.05, 4.69) is 5.32 Å². The van der Waals surface area contributed by atoms with Gasteiger partial charge in [0, 0.05) is 6.04 Å². The van der Waals surface area contributed by atoms with Crippen LogP contribution in [0.1, 0.15) is 43.5 Å². The Hall–Kier alpha value is -1.65. The lowest BCUT2D eigenvalue weighted by Gasteiger charge is -2.14. The zero-order valence-electron chi connectivity index (χ0n) is 10.6. The van der Waals surface area contributed by atoms with Crippen molar-refractivity contribution in [2.75, 3.05) is 5.73 Å². The van der Waals surface area contributed by atoms with Gasteiger partial charge in [0.1, 0.15) is 5.82 Å². The predicted molar refractivity (Wildman–Crippen MR) is 67.2 cm³/mol. The van der Waals surface area contributed by atoms with Crippen LogP contribution in [-0.4, -0.2) is 11.9 Å². The molecule has 0 aromatic heterocycles. The molecule has 1 aromatic carbocycles. The molecule has 1 amide bonds. The fourth-order valence-corrected chi connectivity index (χ4v) is 1.66. The van der Waals surface area contributed by atoms with Gasteiger partial charge < -0.3 is 11.1 Å². The number of carbonyl (C=O) groups is 1. The highest BCUT2D eigenvalue weighted by Crippen LogP contribution is 2.17. The zero-order chi connectivity index (χ0) is 13.7. The molecule has 0 aliphatic heterocycles. The molecule has 0 aliphatic carbocycles. The van der Waals surface area contributed by atoms with E-state index in [9.17, 15) is 13.6 Å². The van der Waals surface area contributed by atoms with Gasteiger partial charge in [-0.05, 0) is 25.5 Å². The predicted octanol–water partition coefficient (Wildman–Crippen LogP) is 2.86. The molecule has 0 fully saturated rings. The molecule has 0 bridgehead atoms. The van der Waals surface area contributed by atoms with Crippen LogP contribution >= 0.6 is 0 Å². The average Bonchev–Trinajstić information content (AvgIpc) is 2.30. The van der Waals surface area contributed by atoms with Crippen molar-refractivity contribution in [3.05, 3.63) is 29.3 Å². The van der Waals surface area contributed by atoms with E-state index in [1.807, 2.05) is 13.8 Å². The lowest BCUT2D eigenvalue weighted by atomic mass is 10.1. The lowest BCUT2D eigenvalue weighted by Crippen LogP contribution is -2.33. The van der Waals surface area contributed by atoms with Crippen molar-refractivity contribution in [1.82, 2.24) is 5.32 Å². The summed E-state index contributed by atoms with van der Waals surface area (Å²) in [6.07, 6.45) is 2.78. The maximum atomic E-state index is 13.6. The Kier molecular flexibility index (Phi) is 5.07. The molecule has 0 heterocycles. The summed E-state index contributed by atoms with van der Waals surface area (Å²) in [6.45, 7) is 3.87. The number of rotatable bonds is 5. The van der Waals surface area contributed by atoms with Gasteiger partial charge in [0.05, 0.1) is 11.3 Å². The summed E-state index contributed by atoms with van der Waals surface area (Å²) in [5.41, 5.74) is 4.56. The average molecular weight is 256 g/mol. The van der Waals surface area contributed by atoms with Gasteiger partial charge >= 0.3 is 0 Å². The zero-order valence-corrected chi connectivity index (χ0v) is 10.6. The van der Waals surface area contributed by atoms with Crippen LogP contribution in [-0.2, 0) is 0 Å². The van der Waals surface area contributed by atoms with Crippen LogP contribution in [0, 0.1) is 11.6 Å². The minimum atomic E-state index is -0.878. The van der Waals surface area contributed by atoms with Crippen molar-refractivity contribution in [1.29, 1.82) is 0 Å². The Labute approximate surface area is 105 Å². The summed E-state index contributed by atoms with van der Waals surface area (Å²) in [5, 5.41) is 2.63. The van der Waals surface area contributed by atoms with Gasteiger partial charge in [-0.25, -0.2) is 8.78 Å². The third kappa shape index (κ3) is 3.68. The molecule has 0 aliphatic rings. The number of nitrogens with two attached hydrogens (primary N) is 1. The Balaban J connectivity index is 2.78. The molecular formula is C13H18F2N2O. The summed E-state index contributed by atoms with van der Waals surface area (Å²) in [4.78, 5) is 11.8. The Morgan fingerprint density at radius 1 is 1.44 bits per heavy atom. The van der Waals surface area contributed by atoms with Crippen LogP contribution in [0.3, 0.4) is 0 Å². The summed E-state index contributed by atoms with van der Waals surface area (Å²) in [6, 6.07) is 1.63. The highest BCUT2D eigenvalue weighted by molar-refractivity contribution is 5.95. The van der Waals surface area contributed by atoms with E-state index < -0.39 is 17.5 Å². The SMILES string of the molecule is CCCCC(C)NC(=O)c1cc(F)cc(N)c1F. The van der Waals surface area contributed by atoms with Crippen LogP contribution in [0.5, 0.6) is 0 Å². The standard InChI is InChI=1S/C13H18F2N2O/c1-3-4-5-8(2)17-13(18)10-6-9(14)7-11(16)12(10)15/h6-8H,3-5,16H2,1-2H3,(H,17,18). The van der Waals surface area contributed by atoms with Gasteiger partial charge in [0.25, 0.3) is 5.91 Å². The van der Waals surface area contributed by atoms with Crippen LogP contribution in [0.25, 0.3) is 0 Å². The monoisotopic (exact) mass is 256 g/mol. The molecular weight excluding hydrogens is 238 g/mol. The Morgan fingerprint density at radius 3 is 2.72 bits per heavy atom. The molecule has 1 aromatic rings. The number of halogens is 2. The number of nitrogens with one attached hydrogen (secondary N) is 1. The molecule has 5 heteroatoms. The van der Waals surface area contributed by atoms with Crippen molar-refractivity contribution in [2.24, 2.45) is 0 Å². The summed E-state index contributed by atoms with van der Waals surface area (Å²) in [7, 11) is 0. The first kappa shape index (κ1) is 14.4. The van der Waals surface area contributed by atoms with Crippen molar-refractivity contribution in [3.63, 3.8) is 0 Å². The van der Waals surface area contributed by atoms with Crippen molar-refractivity contribution in [2.45, 2.75) is 39.2 Å². The van der Waals surface area contributed by atoms with Crippen molar-refractivity contribution >= 4 is 11.6 Å². The summed E-state index contributed by atoms with van der Waals surface area (Å²) in [5.74, 6) is -2.24. The summed E-state index contributed by atoms with van der Waals surface area (Å²) < 4.78 is 26.7. The van der Waals surface area contributed by atoms with E-state index in [1.165, 1.54) is 0 Å². The number of hydrogen-bond donors (Lipinski definition) is 2. The highest BCUT2D eigenvalue weighted by Gasteiger charge is 2.17. The topological polar surface area (TPSA) is 55.1 Å². The number of amides is 1. The van der Waals surface area contributed by atoms with Gasteiger partial charge in [0.15, 0.2) is 5.82 Å². The number of carbonyl (C=O) groups excluding carboxylic acids is 1. The first-order valence-electron chi connectivity index (χ1n) is 6.01. The molecule has 3 N–H and O–H groups in total. The van der Waals surface area contributed by atoms with Crippen LogP contribution in [0.15, 0.2) is 12.1 Å². The van der Waals surface area contributed by atoms with Crippen LogP contribution < -0.4 is 11.1 Å². The van der Waals surface area contributed by atoms with E-state index >= 15 is 0 Å². The normalized spacial score (nSPS) is 12.2. The molecule has 0 saturated carbocycles. The van der Waals surface area contributed by atoms with Gasteiger partial charge in [-0.1, -0.05) is 19.8 Å². The molecule has 0 radical (unpaired) electrons. The number of hydrogen-bond acceptors (Lipinski definition) is 2. The maximum Gasteiger partial charge on any atom is 0.254 e. The molecule has 1 rings (SSSR count). The van der Waals surface area contributed by atoms with E-state index in [0.717, 1.165) is 31.4 Å². The molecule has 1 atom stereocenters. The minimum Gasteiger partial charge on any atom is -0.396 e. The van der Waals surface area contributed by atoms with Gasteiger partial charge in [-0.15, -0.1) is 0 Å². The Bertz CT molecular complexity index is 435. The highest BCUT2D eigenvalue weighted by atomic mass is 19.1. The second-order valence-corrected chi connectivity index (χ2v) is 4.37. The van der Waals surface area contributed by atoms with Crippen molar-refractivity contribution < 1.29 is 13.6 Å². The molecule has 0 saturated heterocycles. The van der Waals surface area contributed by atoms with E-state index in [4.69, 9.17) is 5.73 Å². The smallest absolute Gasteiger partial charge is 0.254 e. The number of anilines is 1. The Morgan fingerprint density at radius 2 is 2.11 bits per heavy atom. The van der Waals surface area contributed by atoms with E-state index in [-0.39, 0.29) is 17.3 Å². The third-order valence-corrected chi connectivity index (χ3v) is 2.68. The second kappa shape index (κ2) is 6.33. The summed E-state index contributed by atoms with van der Waals surface area (Å²) >= 11 is 0. The molecule has 1 unspecified atom stereocenters. The quantitative estimate of drug-likeness (QED) is 0.796. The van der Waals surface area contributed by atoms with E-state index in [1.54, 1.807) is 0 Å². The number of benzene rings is 1. The largest absolute Gasteiger partial charge is 0.396 e. The minimum absolute atomic E-state index is 0.0821. The third-order valence-electron chi connectivity index (χ3n) is 2.68. The molecule has 18 heavy (non-hydrogen) atoms. The van der Waals surface area contributed by atoms with Gasteiger partial charge in [-0.2, -0.15) is 0 Å². The molecule has 0 spiro atoms. The molecule has 3 nitrogen and oxygen atoms in total. The maximum absolute atomic E-state index is 13.6. The van der Waals surface area contributed by atoms with Gasteiger partial charge in [-0.3, -0.25) is 4.79 Å². The fraction of sp³-hybridized carbons (Fsp3) is 0.462. The lowest BCUT2D eigenvalue weighted by molar-refractivity contribution is 0.0933. The van der Waals surface area contributed by atoms with Crippen LogP contribution in [0.4, 0.5) is 14.5 Å². The van der Waals surface area contributed by atoms with Gasteiger partial charge in [0.2, 0.25) is 0 Å². The van der Waals surface area contributed by atoms with E-state index in [0.29, 0.717) is 0 Å². The van der Waals surface area contributed by atoms with Crippen LogP contribution in [0.2, 0.25) is 0 Å². The number of nitrogen functional groups attached to an aromatic ring is 1. The molecule has 100 valence electrons. The first-order chi connectivity index (χ1) is 8.45. The van der Waals surface area contributed by atoms with Crippen molar-refractivity contribution in [3.8, 4) is 0 Å². The number of unbranched alkanes of at least 4 members (excludes halogenated alkanes) is 1.